The second-order valence-corrected chi connectivity index (χ2v) is 6.51. The maximum atomic E-state index is 4.33. The van der Waals surface area contributed by atoms with E-state index in [0.29, 0.717) is 12.0 Å². The average molecular weight is 288 g/mol. The van der Waals surface area contributed by atoms with Crippen molar-refractivity contribution in [3.8, 4) is 0 Å². The molecule has 1 aromatic carbocycles. The van der Waals surface area contributed by atoms with Gasteiger partial charge in [0.15, 0.2) is 0 Å². The predicted octanol–water partition coefficient (Wildman–Crippen LogP) is 4.72. The van der Waals surface area contributed by atoms with E-state index in [-0.39, 0.29) is 0 Å². The second kappa shape index (κ2) is 7.55. The third kappa shape index (κ3) is 3.90. The average Bonchev–Trinajstić information content (AvgIpc) is 2.90. The van der Waals surface area contributed by atoms with Crippen LogP contribution in [-0.4, -0.2) is 4.98 Å². The molecule has 2 aromatic rings. The van der Waals surface area contributed by atoms with Crippen molar-refractivity contribution in [3.63, 3.8) is 0 Å². The molecule has 0 fully saturated rings. The minimum atomic E-state index is 0.425. The van der Waals surface area contributed by atoms with Crippen LogP contribution in [0.25, 0.3) is 0 Å². The number of aryl methyl sites for hydroxylation is 1. The molecule has 1 unspecified atom stereocenters. The monoisotopic (exact) mass is 288 g/mol. The van der Waals surface area contributed by atoms with E-state index in [1.54, 1.807) is 11.3 Å². The number of nitrogens with one attached hydrogen (secondary N) is 1. The van der Waals surface area contributed by atoms with Crippen molar-refractivity contribution >= 4 is 11.3 Å². The van der Waals surface area contributed by atoms with Crippen LogP contribution in [0.3, 0.4) is 0 Å². The molecule has 108 valence electrons. The van der Waals surface area contributed by atoms with Gasteiger partial charge in [0.2, 0.25) is 0 Å². The summed E-state index contributed by atoms with van der Waals surface area (Å²) in [6.45, 7) is 7.52. The number of thiazole rings is 1. The number of aromatic nitrogens is 1. The largest absolute Gasteiger partial charge is 0.305 e. The molecule has 0 aliphatic carbocycles. The molecule has 0 radical (unpaired) electrons. The highest BCUT2D eigenvalue weighted by Gasteiger charge is 2.19. The molecule has 1 atom stereocenters. The quantitative estimate of drug-likeness (QED) is 0.797. The topological polar surface area (TPSA) is 24.9 Å². The first kappa shape index (κ1) is 15.2. The SMILES string of the molecule is CCC(CC)C(NCc1cnc(C)s1)c1ccccc1. The van der Waals surface area contributed by atoms with Gasteiger partial charge >= 0.3 is 0 Å². The summed E-state index contributed by atoms with van der Waals surface area (Å²) in [6.07, 6.45) is 4.39. The van der Waals surface area contributed by atoms with E-state index in [4.69, 9.17) is 0 Å². The molecule has 0 aliphatic heterocycles. The summed E-state index contributed by atoms with van der Waals surface area (Å²) in [5, 5.41) is 4.88. The lowest BCUT2D eigenvalue weighted by molar-refractivity contribution is 0.340. The van der Waals surface area contributed by atoms with Crippen LogP contribution in [0.1, 0.15) is 48.2 Å². The van der Waals surface area contributed by atoms with Crippen molar-refractivity contribution in [1.82, 2.24) is 10.3 Å². The highest BCUT2D eigenvalue weighted by atomic mass is 32.1. The van der Waals surface area contributed by atoms with E-state index in [1.165, 1.54) is 23.3 Å². The molecule has 0 bridgehead atoms. The van der Waals surface area contributed by atoms with Crippen LogP contribution < -0.4 is 5.32 Å². The summed E-state index contributed by atoms with van der Waals surface area (Å²) < 4.78 is 0. The van der Waals surface area contributed by atoms with Crippen molar-refractivity contribution < 1.29 is 0 Å². The summed E-state index contributed by atoms with van der Waals surface area (Å²) in [7, 11) is 0. The van der Waals surface area contributed by atoms with Gasteiger partial charge in [-0.15, -0.1) is 11.3 Å². The summed E-state index contributed by atoms with van der Waals surface area (Å²) in [6, 6.07) is 11.2. The van der Waals surface area contributed by atoms with Gasteiger partial charge in [-0.2, -0.15) is 0 Å². The molecule has 0 saturated heterocycles. The number of nitrogens with zero attached hydrogens (tertiary/aromatic N) is 1. The van der Waals surface area contributed by atoms with E-state index in [0.717, 1.165) is 11.6 Å². The Bertz CT molecular complexity index is 503. The normalized spacial score (nSPS) is 12.8. The molecule has 0 saturated carbocycles. The van der Waals surface area contributed by atoms with Crippen LogP contribution in [0.15, 0.2) is 36.5 Å². The number of hydrogen-bond acceptors (Lipinski definition) is 3. The molecule has 1 heterocycles. The van der Waals surface area contributed by atoms with Gasteiger partial charge in [-0.25, -0.2) is 4.98 Å². The second-order valence-electron chi connectivity index (χ2n) is 5.19. The lowest BCUT2D eigenvalue weighted by Gasteiger charge is -2.27. The van der Waals surface area contributed by atoms with Crippen LogP contribution in [-0.2, 0) is 6.54 Å². The van der Waals surface area contributed by atoms with Gasteiger partial charge in [-0.1, -0.05) is 57.0 Å². The van der Waals surface area contributed by atoms with Crippen molar-refractivity contribution in [2.45, 2.75) is 46.2 Å². The number of hydrogen-bond donors (Lipinski definition) is 1. The van der Waals surface area contributed by atoms with Crippen LogP contribution >= 0.6 is 11.3 Å². The van der Waals surface area contributed by atoms with Crippen molar-refractivity contribution in [1.29, 1.82) is 0 Å². The minimum absolute atomic E-state index is 0.425. The zero-order valence-corrected chi connectivity index (χ0v) is 13.4. The van der Waals surface area contributed by atoms with Gasteiger partial charge in [0.1, 0.15) is 0 Å². The van der Waals surface area contributed by atoms with E-state index in [2.05, 4.69) is 61.4 Å². The van der Waals surface area contributed by atoms with Crippen LogP contribution in [0.5, 0.6) is 0 Å². The molecule has 1 aromatic heterocycles. The summed E-state index contributed by atoms with van der Waals surface area (Å²) in [5.74, 6) is 0.673. The van der Waals surface area contributed by atoms with Crippen molar-refractivity contribution in [2.75, 3.05) is 0 Å². The Hall–Kier alpha value is -1.19. The van der Waals surface area contributed by atoms with E-state index in [9.17, 15) is 0 Å². The molecule has 3 heteroatoms. The van der Waals surface area contributed by atoms with Crippen LogP contribution in [0, 0.1) is 12.8 Å². The van der Waals surface area contributed by atoms with Crippen LogP contribution in [0.2, 0.25) is 0 Å². The predicted molar refractivity (Wildman–Crippen MR) is 86.9 cm³/mol. The first-order valence-electron chi connectivity index (χ1n) is 7.44. The summed E-state index contributed by atoms with van der Waals surface area (Å²) in [4.78, 5) is 5.65. The lowest BCUT2D eigenvalue weighted by atomic mass is 9.89. The zero-order chi connectivity index (χ0) is 14.4. The first-order valence-corrected chi connectivity index (χ1v) is 8.25. The van der Waals surface area contributed by atoms with Gasteiger partial charge in [0.25, 0.3) is 0 Å². The molecule has 20 heavy (non-hydrogen) atoms. The Kier molecular flexibility index (Phi) is 5.74. The maximum absolute atomic E-state index is 4.33. The number of benzene rings is 1. The number of rotatable bonds is 7. The fourth-order valence-corrected chi connectivity index (χ4v) is 3.42. The summed E-state index contributed by atoms with van der Waals surface area (Å²) >= 11 is 1.78. The maximum Gasteiger partial charge on any atom is 0.0897 e. The fraction of sp³-hybridized carbons (Fsp3) is 0.471. The fourth-order valence-electron chi connectivity index (χ4n) is 2.67. The van der Waals surface area contributed by atoms with Crippen molar-refractivity contribution in [2.24, 2.45) is 5.92 Å². The van der Waals surface area contributed by atoms with Gasteiger partial charge in [-0.05, 0) is 18.4 Å². The van der Waals surface area contributed by atoms with Gasteiger partial charge in [0.05, 0.1) is 5.01 Å². The molecule has 1 N–H and O–H groups in total. The third-order valence-corrected chi connectivity index (χ3v) is 4.76. The van der Waals surface area contributed by atoms with Gasteiger partial charge in [0, 0.05) is 23.7 Å². The van der Waals surface area contributed by atoms with Crippen molar-refractivity contribution in [3.05, 3.63) is 52.0 Å². The molecule has 0 aliphatic rings. The Balaban J connectivity index is 2.10. The van der Waals surface area contributed by atoms with Gasteiger partial charge < -0.3 is 5.32 Å². The van der Waals surface area contributed by atoms with E-state index >= 15 is 0 Å². The standard InChI is InChI=1S/C17H24N2S/c1-4-14(5-2)17(15-9-7-6-8-10-15)19-12-16-11-18-13(3)20-16/h6-11,14,17,19H,4-5,12H2,1-3H3. The minimum Gasteiger partial charge on any atom is -0.305 e. The lowest BCUT2D eigenvalue weighted by Crippen LogP contribution is -2.27. The first-order chi connectivity index (χ1) is 9.74. The van der Waals surface area contributed by atoms with Crippen LogP contribution in [0.4, 0.5) is 0 Å². The molecule has 2 nitrogen and oxygen atoms in total. The Morgan fingerprint density at radius 2 is 1.85 bits per heavy atom. The van der Waals surface area contributed by atoms with E-state index in [1.807, 2.05) is 6.20 Å². The third-order valence-electron chi connectivity index (χ3n) is 3.84. The van der Waals surface area contributed by atoms with E-state index < -0.39 is 0 Å². The Morgan fingerprint density at radius 1 is 1.15 bits per heavy atom. The molecular weight excluding hydrogens is 264 g/mol. The zero-order valence-electron chi connectivity index (χ0n) is 12.6. The Morgan fingerprint density at radius 3 is 2.40 bits per heavy atom. The molecule has 0 spiro atoms. The molecule has 0 amide bonds. The summed E-state index contributed by atoms with van der Waals surface area (Å²) in [5.41, 5.74) is 1.39. The molecular formula is C17H24N2S. The Labute approximate surface area is 126 Å². The highest BCUT2D eigenvalue weighted by Crippen LogP contribution is 2.28. The molecule has 2 rings (SSSR count). The smallest absolute Gasteiger partial charge is 0.0897 e. The highest BCUT2D eigenvalue weighted by molar-refractivity contribution is 7.11. The van der Waals surface area contributed by atoms with Gasteiger partial charge in [-0.3, -0.25) is 0 Å².